The van der Waals surface area contributed by atoms with Crippen LogP contribution in [0.1, 0.15) is 35.5 Å². The van der Waals surface area contributed by atoms with E-state index in [1.807, 2.05) is 6.07 Å². The largest absolute Gasteiger partial charge is 0.493 e. The molecule has 1 heterocycles. The Labute approximate surface area is 210 Å². The molecule has 0 bridgehead atoms. The smallest absolute Gasteiger partial charge is 0.339 e. The number of methoxy groups -OCH3 is 2. The Morgan fingerprint density at radius 1 is 1.11 bits per heavy atom. The summed E-state index contributed by atoms with van der Waals surface area (Å²) < 4.78 is 34.1. The minimum atomic E-state index is -3.28. The molecule has 35 heavy (non-hydrogen) atoms. The highest BCUT2D eigenvalue weighted by atomic mass is 32.2. The summed E-state index contributed by atoms with van der Waals surface area (Å²) >= 11 is 0. The third kappa shape index (κ3) is 5.13. The molecule has 2 aliphatic rings. The van der Waals surface area contributed by atoms with Gasteiger partial charge in [0.2, 0.25) is 0 Å². The van der Waals surface area contributed by atoms with Gasteiger partial charge in [-0.05, 0) is 74.8 Å². The molecule has 2 amide bonds. The number of carbonyl (C=O) groups excluding carboxylic acids is 1. The lowest BCUT2D eigenvalue weighted by Crippen LogP contribution is -2.46. The Morgan fingerprint density at radius 2 is 1.83 bits per heavy atom. The van der Waals surface area contributed by atoms with Gasteiger partial charge in [-0.15, -0.1) is 0 Å². The number of amides is 2. The summed E-state index contributed by atoms with van der Waals surface area (Å²) in [6, 6.07) is 12.0. The van der Waals surface area contributed by atoms with E-state index in [4.69, 9.17) is 9.47 Å². The Bertz CT molecular complexity index is 1240. The van der Waals surface area contributed by atoms with Crippen LogP contribution in [-0.4, -0.2) is 65.2 Å². The van der Waals surface area contributed by atoms with Crippen molar-refractivity contribution < 1.29 is 27.0 Å². The number of fused-ring (bicyclic) bond motifs is 1. The van der Waals surface area contributed by atoms with Crippen LogP contribution in [0.3, 0.4) is 0 Å². The average molecular weight is 507 g/mol. The van der Waals surface area contributed by atoms with Crippen LogP contribution in [0.4, 0.5) is 10.5 Å². The van der Waals surface area contributed by atoms with Crippen molar-refractivity contribution >= 4 is 27.3 Å². The number of hydrogen-bond donors (Lipinski definition) is 2. The molecule has 2 N–H and O–H groups in total. The number of nitrogens with one attached hydrogen (secondary N) is 2. The van der Waals surface area contributed by atoms with Crippen molar-refractivity contribution in [1.82, 2.24) is 10.3 Å². The standard InChI is InChI=1S/C25H32N4O5S.3H2/c1-29-14-13-25(17-5-10-21(33-2)22(15-17)34-3)12-11-19(16-23(25)29)27-28-24(30)26-18-6-8-20(9-7-18)35(4,31)32;;;/h5-10,15,23H,11-14,16H2,1-4H3,(H2,26,28,30);3*1H/b27-19+;;;/t23-,25-;;;/m0.../s1. The highest BCUT2D eigenvalue weighted by molar-refractivity contribution is 7.90. The lowest BCUT2D eigenvalue weighted by atomic mass is 9.65. The Hall–Kier alpha value is -3.11. The molecule has 9 nitrogen and oxygen atoms in total. The molecule has 2 aromatic rings. The zero-order valence-corrected chi connectivity index (χ0v) is 21.3. The molecular weight excluding hydrogens is 468 g/mol. The number of hydrazone groups is 1. The molecule has 1 saturated carbocycles. The Balaban J connectivity index is 0.00000241. The summed E-state index contributed by atoms with van der Waals surface area (Å²) in [6.07, 6.45) is 4.65. The number of benzene rings is 2. The first-order chi connectivity index (χ1) is 16.7. The quantitative estimate of drug-likeness (QED) is 0.570. The number of urea groups is 1. The second-order valence-corrected chi connectivity index (χ2v) is 11.2. The van der Waals surface area contributed by atoms with E-state index in [2.05, 4.69) is 39.9 Å². The van der Waals surface area contributed by atoms with E-state index in [1.165, 1.54) is 17.7 Å². The number of anilines is 1. The molecule has 1 aliphatic carbocycles. The van der Waals surface area contributed by atoms with Gasteiger partial charge in [0.1, 0.15) is 0 Å². The van der Waals surface area contributed by atoms with E-state index >= 15 is 0 Å². The third-order valence-corrected chi connectivity index (χ3v) is 8.31. The van der Waals surface area contributed by atoms with E-state index < -0.39 is 15.9 Å². The van der Waals surface area contributed by atoms with Crippen LogP contribution in [0.25, 0.3) is 0 Å². The van der Waals surface area contributed by atoms with Crippen molar-refractivity contribution in [2.75, 3.05) is 39.4 Å². The fourth-order valence-corrected chi connectivity index (χ4v) is 5.89. The minimum absolute atomic E-state index is 0. The van der Waals surface area contributed by atoms with Crippen LogP contribution in [0.15, 0.2) is 52.5 Å². The minimum Gasteiger partial charge on any atom is -0.493 e. The number of rotatable bonds is 6. The maximum Gasteiger partial charge on any atom is 0.339 e. The second-order valence-electron chi connectivity index (χ2n) is 9.22. The molecule has 2 aromatic carbocycles. The molecule has 10 heteroatoms. The van der Waals surface area contributed by atoms with Crippen molar-refractivity contribution in [2.24, 2.45) is 5.10 Å². The summed E-state index contributed by atoms with van der Waals surface area (Å²) in [4.78, 5) is 14.9. The number of nitrogens with zero attached hydrogens (tertiary/aromatic N) is 2. The number of likely N-dealkylation sites (N-methyl/N-ethyl adjacent to an activating group) is 1. The van der Waals surface area contributed by atoms with Crippen molar-refractivity contribution in [2.45, 2.75) is 42.0 Å². The lowest BCUT2D eigenvalue weighted by molar-refractivity contribution is 0.225. The summed E-state index contributed by atoms with van der Waals surface area (Å²) in [5.41, 5.74) is 5.26. The highest BCUT2D eigenvalue weighted by Gasteiger charge is 2.49. The molecule has 2 fully saturated rings. The number of hydrogen-bond acceptors (Lipinski definition) is 7. The van der Waals surface area contributed by atoms with Gasteiger partial charge < -0.3 is 19.7 Å². The van der Waals surface area contributed by atoms with Crippen molar-refractivity contribution in [3.8, 4) is 11.5 Å². The van der Waals surface area contributed by atoms with Gasteiger partial charge in [0, 0.05) is 39.8 Å². The number of ether oxygens (including phenoxy) is 2. The van der Waals surface area contributed by atoms with E-state index in [-0.39, 0.29) is 20.6 Å². The van der Waals surface area contributed by atoms with Gasteiger partial charge in [0.15, 0.2) is 21.3 Å². The summed E-state index contributed by atoms with van der Waals surface area (Å²) in [5.74, 6) is 1.45. The van der Waals surface area contributed by atoms with Gasteiger partial charge in [-0.3, -0.25) is 0 Å². The number of sulfone groups is 1. The molecule has 1 saturated heterocycles. The van der Waals surface area contributed by atoms with Crippen LogP contribution in [0.2, 0.25) is 0 Å². The van der Waals surface area contributed by atoms with Crippen LogP contribution in [-0.2, 0) is 15.3 Å². The first kappa shape index (κ1) is 25.0. The third-order valence-electron chi connectivity index (χ3n) is 7.18. The van der Waals surface area contributed by atoms with Gasteiger partial charge in [-0.1, -0.05) is 6.07 Å². The van der Waals surface area contributed by atoms with Gasteiger partial charge in [0.05, 0.1) is 19.1 Å². The topological polar surface area (TPSA) is 109 Å². The molecule has 2 atom stereocenters. The van der Waals surface area contributed by atoms with Crippen LogP contribution in [0, 0.1) is 0 Å². The first-order valence-electron chi connectivity index (χ1n) is 11.5. The number of carbonyl (C=O) groups is 1. The van der Waals surface area contributed by atoms with Gasteiger partial charge in [-0.2, -0.15) is 5.10 Å². The normalized spacial score (nSPS) is 23.5. The SMILES string of the molecule is COc1ccc([C@@]23CC/C(=N\NC(=O)Nc4ccc(S(C)(=O)=O)cc4)C[C@@H]2N(C)CC3)cc1OC.[HH].[HH].[HH]. The van der Waals surface area contributed by atoms with E-state index in [0.717, 1.165) is 55.7 Å². The Kier molecular flexibility index (Phi) is 7.05. The molecule has 194 valence electrons. The molecule has 0 radical (unpaired) electrons. The highest BCUT2D eigenvalue weighted by Crippen LogP contribution is 2.49. The molecule has 0 unspecified atom stereocenters. The fraction of sp³-hybridized carbons (Fsp3) is 0.440. The monoisotopic (exact) mass is 506 g/mol. The lowest BCUT2D eigenvalue weighted by Gasteiger charge is -2.42. The summed E-state index contributed by atoms with van der Waals surface area (Å²) in [5, 5.41) is 7.09. The van der Waals surface area contributed by atoms with Crippen LogP contribution < -0.4 is 20.2 Å². The second kappa shape index (κ2) is 9.87. The summed E-state index contributed by atoms with van der Waals surface area (Å²) in [6.45, 7) is 0.990. The molecule has 0 spiro atoms. The average Bonchev–Trinajstić information content (AvgIpc) is 3.19. The van der Waals surface area contributed by atoms with E-state index in [1.54, 1.807) is 26.4 Å². The van der Waals surface area contributed by atoms with Gasteiger partial charge in [0.25, 0.3) is 0 Å². The predicted octanol–water partition coefficient (Wildman–Crippen LogP) is 4.15. The molecule has 0 aromatic heterocycles. The van der Waals surface area contributed by atoms with Crippen molar-refractivity contribution in [3.63, 3.8) is 0 Å². The number of likely N-dealkylation sites (tertiary alicyclic amines) is 1. The molecule has 1 aliphatic heterocycles. The van der Waals surface area contributed by atoms with E-state index in [0.29, 0.717) is 5.69 Å². The van der Waals surface area contributed by atoms with Gasteiger partial charge >= 0.3 is 6.03 Å². The van der Waals surface area contributed by atoms with E-state index in [9.17, 15) is 13.2 Å². The Morgan fingerprint density at radius 3 is 2.49 bits per heavy atom. The zero-order chi connectivity index (χ0) is 25.2. The molecule has 4 rings (SSSR count). The van der Waals surface area contributed by atoms with Crippen LogP contribution in [0.5, 0.6) is 11.5 Å². The predicted molar refractivity (Wildman–Crippen MR) is 142 cm³/mol. The van der Waals surface area contributed by atoms with Crippen molar-refractivity contribution in [3.05, 3.63) is 48.0 Å². The zero-order valence-electron chi connectivity index (χ0n) is 20.5. The van der Waals surface area contributed by atoms with Crippen molar-refractivity contribution in [1.29, 1.82) is 0 Å². The molecular formula is C25H38N4O5S. The first-order valence-corrected chi connectivity index (χ1v) is 13.4. The van der Waals surface area contributed by atoms with Gasteiger partial charge in [-0.25, -0.2) is 18.6 Å². The maximum absolute atomic E-state index is 12.4. The fourth-order valence-electron chi connectivity index (χ4n) is 5.26. The van der Waals surface area contributed by atoms with Crippen LogP contribution >= 0.6 is 0 Å². The maximum atomic E-state index is 12.4. The summed E-state index contributed by atoms with van der Waals surface area (Å²) in [7, 11) is 2.14.